The van der Waals surface area contributed by atoms with Crippen molar-refractivity contribution in [1.29, 1.82) is 0 Å². The average molecular weight is 268 g/mol. The molecule has 0 aromatic carbocycles. The Morgan fingerprint density at radius 2 is 2.05 bits per heavy atom. The summed E-state index contributed by atoms with van der Waals surface area (Å²) in [5.41, 5.74) is 0. The van der Waals surface area contributed by atoms with Gasteiger partial charge in [0, 0.05) is 14.0 Å². The van der Waals surface area contributed by atoms with E-state index >= 15 is 0 Å². The molecular weight excluding hydrogens is 248 g/mol. The monoisotopic (exact) mass is 268 g/mol. The van der Waals surface area contributed by atoms with Crippen molar-refractivity contribution in [2.75, 3.05) is 13.6 Å². The molecular formula is C12H20N4O3. The molecule has 0 radical (unpaired) electrons. The van der Waals surface area contributed by atoms with Crippen LogP contribution in [0, 0.1) is 12.8 Å². The van der Waals surface area contributed by atoms with Crippen LogP contribution in [0.15, 0.2) is 4.52 Å². The average Bonchev–Trinajstić information content (AvgIpc) is 2.71. The first-order valence-corrected chi connectivity index (χ1v) is 6.12. The maximum Gasteiger partial charge on any atom is 0.249 e. The third-order valence-electron chi connectivity index (χ3n) is 2.71. The van der Waals surface area contributed by atoms with E-state index in [1.54, 1.807) is 14.0 Å². The Morgan fingerprint density at radius 1 is 1.42 bits per heavy atom. The van der Waals surface area contributed by atoms with Crippen LogP contribution in [0.2, 0.25) is 0 Å². The van der Waals surface area contributed by atoms with Crippen LogP contribution in [0.1, 0.15) is 38.5 Å². The van der Waals surface area contributed by atoms with Crippen molar-refractivity contribution >= 4 is 11.8 Å². The summed E-state index contributed by atoms with van der Waals surface area (Å²) < 4.78 is 5.08. The molecule has 7 heteroatoms. The predicted octanol–water partition coefficient (Wildman–Crippen LogP) is 0.670. The standard InChI is InChI=1S/C12H20N4O3/c1-7(2)11(12-13-8(3)15-19-12)14-10(18)6-16(5)9(4)17/h7,11H,6H2,1-5H3,(H,14,18)/t11-/m0/s1. The number of hydrogen-bond donors (Lipinski definition) is 1. The Kier molecular flexibility index (Phi) is 5.02. The minimum Gasteiger partial charge on any atom is -0.342 e. The summed E-state index contributed by atoms with van der Waals surface area (Å²) in [6.45, 7) is 7.02. The maximum atomic E-state index is 11.9. The minimum absolute atomic E-state index is 0.00563. The number of nitrogens with one attached hydrogen (secondary N) is 1. The lowest BCUT2D eigenvalue weighted by Crippen LogP contribution is -2.40. The number of aryl methyl sites for hydroxylation is 1. The van der Waals surface area contributed by atoms with E-state index in [1.165, 1.54) is 11.8 Å². The van der Waals surface area contributed by atoms with Crippen molar-refractivity contribution in [3.63, 3.8) is 0 Å². The summed E-state index contributed by atoms with van der Waals surface area (Å²) in [4.78, 5) is 28.4. The largest absolute Gasteiger partial charge is 0.342 e. The molecule has 19 heavy (non-hydrogen) atoms. The van der Waals surface area contributed by atoms with Gasteiger partial charge in [-0.25, -0.2) is 0 Å². The molecule has 1 heterocycles. The first-order valence-electron chi connectivity index (χ1n) is 6.12. The zero-order valence-corrected chi connectivity index (χ0v) is 11.9. The highest BCUT2D eigenvalue weighted by molar-refractivity contribution is 5.83. The topological polar surface area (TPSA) is 88.3 Å². The molecule has 0 fully saturated rings. The van der Waals surface area contributed by atoms with Crippen molar-refractivity contribution in [2.45, 2.75) is 33.7 Å². The van der Waals surface area contributed by atoms with E-state index in [-0.39, 0.29) is 30.3 Å². The number of amides is 2. The van der Waals surface area contributed by atoms with Crippen LogP contribution in [0.5, 0.6) is 0 Å². The Balaban J connectivity index is 2.69. The van der Waals surface area contributed by atoms with Crippen molar-refractivity contribution in [1.82, 2.24) is 20.4 Å². The van der Waals surface area contributed by atoms with Crippen LogP contribution in [-0.2, 0) is 9.59 Å². The van der Waals surface area contributed by atoms with E-state index in [4.69, 9.17) is 4.52 Å². The predicted molar refractivity (Wildman–Crippen MR) is 68.1 cm³/mol. The van der Waals surface area contributed by atoms with Crippen molar-refractivity contribution in [2.24, 2.45) is 5.92 Å². The SMILES string of the molecule is CC(=O)N(C)CC(=O)N[C@H](c1nc(C)no1)C(C)C. The van der Waals surface area contributed by atoms with Gasteiger partial charge < -0.3 is 14.7 Å². The molecule has 0 spiro atoms. The van der Waals surface area contributed by atoms with E-state index in [0.717, 1.165) is 0 Å². The summed E-state index contributed by atoms with van der Waals surface area (Å²) in [7, 11) is 1.57. The van der Waals surface area contributed by atoms with Gasteiger partial charge in [-0.05, 0) is 12.8 Å². The van der Waals surface area contributed by atoms with Crippen LogP contribution >= 0.6 is 0 Å². The summed E-state index contributed by atoms with van der Waals surface area (Å²) in [6.07, 6.45) is 0. The molecule has 0 saturated heterocycles. The normalized spacial score (nSPS) is 12.3. The number of carbonyl (C=O) groups excluding carboxylic acids is 2. The van der Waals surface area contributed by atoms with Gasteiger partial charge in [-0.1, -0.05) is 19.0 Å². The lowest BCUT2D eigenvalue weighted by atomic mass is 10.0. The van der Waals surface area contributed by atoms with Gasteiger partial charge in [-0.3, -0.25) is 9.59 Å². The van der Waals surface area contributed by atoms with E-state index in [0.29, 0.717) is 11.7 Å². The van der Waals surface area contributed by atoms with Gasteiger partial charge in [0.1, 0.15) is 6.04 Å². The number of hydrogen-bond acceptors (Lipinski definition) is 5. The first kappa shape index (κ1) is 15.1. The molecule has 1 atom stereocenters. The van der Waals surface area contributed by atoms with E-state index in [1.807, 2.05) is 13.8 Å². The Bertz CT molecular complexity index is 456. The number of nitrogens with zero attached hydrogens (tertiary/aromatic N) is 3. The van der Waals surface area contributed by atoms with E-state index in [9.17, 15) is 9.59 Å². The second-order valence-corrected chi connectivity index (χ2v) is 4.84. The minimum atomic E-state index is -0.353. The van der Waals surface area contributed by atoms with Crippen molar-refractivity contribution < 1.29 is 14.1 Å². The van der Waals surface area contributed by atoms with E-state index < -0.39 is 0 Å². The van der Waals surface area contributed by atoms with E-state index in [2.05, 4.69) is 15.5 Å². The van der Waals surface area contributed by atoms with Crippen molar-refractivity contribution in [3.8, 4) is 0 Å². The van der Waals surface area contributed by atoms with Crippen LogP contribution < -0.4 is 5.32 Å². The van der Waals surface area contributed by atoms with Crippen LogP contribution in [-0.4, -0.2) is 40.4 Å². The number of carbonyl (C=O) groups is 2. The molecule has 106 valence electrons. The Morgan fingerprint density at radius 3 is 2.47 bits per heavy atom. The van der Waals surface area contributed by atoms with Gasteiger partial charge in [0.25, 0.3) is 0 Å². The highest BCUT2D eigenvalue weighted by Crippen LogP contribution is 2.19. The summed E-state index contributed by atoms with van der Waals surface area (Å²) in [5, 5.41) is 6.52. The van der Waals surface area contributed by atoms with Gasteiger partial charge in [-0.15, -0.1) is 0 Å². The van der Waals surface area contributed by atoms with Crippen LogP contribution in [0.25, 0.3) is 0 Å². The van der Waals surface area contributed by atoms with Gasteiger partial charge in [0.05, 0.1) is 6.54 Å². The molecule has 0 bridgehead atoms. The van der Waals surface area contributed by atoms with Crippen LogP contribution in [0.4, 0.5) is 0 Å². The molecule has 7 nitrogen and oxygen atoms in total. The summed E-state index contributed by atoms with van der Waals surface area (Å²) >= 11 is 0. The van der Waals surface area contributed by atoms with Gasteiger partial charge in [0.2, 0.25) is 17.7 Å². The summed E-state index contributed by atoms with van der Waals surface area (Å²) in [5.74, 6) is 0.589. The zero-order valence-electron chi connectivity index (χ0n) is 11.9. The Labute approximate surface area is 112 Å². The molecule has 0 aliphatic rings. The molecule has 0 aliphatic heterocycles. The highest BCUT2D eigenvalue weighted by atomic mass is 16.5. The number of aromatic nitrogens is 2. The highest BCUT2D eigenvalue weighted by Gasteiger charge is 2.24. The summed E-state index contributed by atoms with van der Waals surface area (Å²) in [6, 6.07) is -0.353. The lowest BCUT2D eigenvalue weighted by Gasteiger charge is -2.20. The van der Waals surface area contributed by atoms with Gasteiger partial charge in [-0.2, -0.15) is 4.98 Å². The number of rotatable bonds is 5. The fraction of sp³-hybridized carbons (Fsp3) is 0.667. The lowest BCUT2D eigenvalue weighted by molar-refractivity contribution is -0.133. The quantitative estimate of drug-likeness (QED) is 0.848. The number of likely N-dealkylation sites (N-methyl/N-ethyl adjacent to an activating group) is 1. The van der Waals surface area contributed by atoms with Crippen LogP contribution in [0.3, 0.4) is 0 Å². The molecule has 2 amide bonds. The molecule has 0 unspecified atom stereocenters. The van der Waals surface area contributed by atoms with Gasteiger partial charge >= 0.3 is 0 Å². The fourth-order valence-electron chi connectivity index (χ4n) is 1.50. The third kappa shape index (κ3) is 4.35. The molecule has 0 saturated carbocycles. The molecule has 0 aliphatic carbocycles. The molecule has 1 rings (SSSR count). The first-order chi connectivity index (χ1) is 8.81. The second-order valence-electron chi connectivity index (χ2n) is 4.84. The third-order valence-corrected chi connectivity index (χ3v) is 2.71. The molecule has 1 N–H and O–H groups in total. The van der Waals surface area contributed by atoms with Gasteiger partial charge in [0.15, 0.2) is 5.82 Å². The van der Waals surface area contributed by atoms with Crippen molar-refractivity contribution in [3.05, 3.63) is 11.7 Å². The Hall–Kier alpha value is -1.92. The smallest absolute Gasteiger partial charge is 0.249 e. The second kappa shape index (κ2) is 6.31. The maximum absolute atomic E-state index is 11.9. The molecule has 1 aromatic rings. The molecule has 1 aromatic heterocycles. The fourth-order valence-corrected chi connectivity index (χ4v) is 1.50. The zero-order chi connectivity index (χ0) is 14.6.